The van der Waals surface area contributed by atoms with Gasteiger partial charge in [-0.25, -0.2) is 0 Å². The first-order chi connectivity index (χ1) is 7.24. The summed E-state index contributed by atoms with van der Waals surface area (Å²) in [5.41, 5.74) is 4.82. The van der Waals surface area contributed by atoms with Gasteiger partial charge in [0.15, 0.2) is 0 Å². The van der Waals surface area contributed by atoms with Crippen LogP contribution in [-0.2, 0) is 4.79 Å². The predicted molar refractivity (Wildman–Crippen MR) is 66.9 cm³/mol. The molecule has 5 heteroatoms. The molecule has 0 radical (unpaired) electrons. The molecule has 1 aliphatic heterocycles. The van der Waals surface area contributed by atoms with Gasteiger partial charge in [0.25, 0.3) is 0 Å². The van der Waals surface area contributed by atoms with Crippen molar-refractivity contribution in [3.63, 3.8) is 0 Å². The van der Waals surface area contributed by atoms with E-state index in [0.717, 1.165) is 0 Å². The Morgan fingerprint density at radius 3 is 2.44 bits per heavy atom. The van der Waals surface area contributed by atoms with Gasteiger partial charge in [-0.3, -0.25) is 4.79 Å². The number of nitrogens with two attached hydrogens (primary N) is 1. The highest BCUT2D eigenvalue weighted by Gasteiger charge is 2.38. The summed E-state index contributed by atoms with van der Waals surface area (Å²) < 4.78 is 0. The maximum Gasteiger partial charge on any atom is 0.232 e. The molecule has 4 nitrogen and oxygen atoms in total. The number of amides is 1. The molecule has 1 heterocycles. The number of rotatable bonds is 3. The molecule has 1 aliphatic rings. The van der Waals surface area contributed by atoms with Crippen LogP contribution in [0.25, 0.3) is 0 Å². The first kappa shape index (κ1) is 13.4. The quantitative estimate of drug-likeness (QED) is 0.711. The lowest BCUT2D eigenvalue weighted by Gasteiger charge is -2.26. The number of carbonyl (C=O) groups excluding carboxylic acids is 1. The summed E-state index contributed by atoms with van der Waals surface area (Å²) in [6, 6.07) is 0. The summed E-state index contributed by atoms with van der Waals surface area (Å²) >= 11 is 4.93. The van der Waals surface area contributed by atoms with E-state index in [4.69, 9.17) is 18.0 Å². The summed E-state index contributed by atoms with van der Waals surface area (Å²) in [6.07, 6.45) is 0.612. The van der Waals surface area contributed by atoms with Gasteiger partial charge in [-0.2, -0.15) is 0 Å². The van der Waals surface area contributed by atoms with E-state index in [1.54, 1.807) is 11.8 Å². The average Bonchev–Trinajstić information content (AvgIpc) is 2.44. The smallest absolute Gasteiger partial charge is 0.232 e. The number of hydrogen-bond donors (Lipinski definition) is 2. The Balaban J connectivity index is 2.74. The zero-order valence-corrected chi connectivity index (χ0v) is 10.9. The number of β-amino-alcohol motifs (C(OH)–C–C–N with tert-alkyl or cyclic N) is 1. The summed E-state index contributed by atoms with van der Waals surface area (Å²) in [7, 11) is 0. The second-order valence-corrected chi connectivity index (χ2v) is 5.60. The monoisotopic (exact) mass is 244 g/mol. The van der Waals surface area contributed by atoms with E-state index in [-0.39, 0.29) is 16.8 Å². The predicted octanol–water partition coefficient (Wildman–Crippen LogP) is 0.528. The van der Waals surface area contributed by atoms with Crippen molar-refractivity contribution in [2.75, 3.05) is 13.1 Å². The van der Waals surface area contributed by atoms with Crippen molar-refractivity contribution in [2.45, 2.75) is 32.8 Å². The fraction of sp³-hybridized carbons (Fsp3) is 0.818. The molecule has 1 rings (SSSR count). The van der Waals surface area contributed by atoms with Crippen molar-refractivity contribution in [2.24, 2.45) is 17.6 Å². The highest BCUT2D eigenvalue weighted by Crippen LogP contribution is 2.24. The normalized spacial score (nSPS) is 27.2. The van der Waals surface area contributed by atoms with Crippen molar-refractivity contribution in [3.8, 4) is 0 Å². The van der Waals surface area contributed by atoms with Gasteiger partial charge < -0.3 is 15.7 Å². The molecule has 0 saturated carbocycles. The van der Waals surface area contributed by atoms with E-state index in [1.165, 1.54) is 0 Å². The van der Waals surface area contributed by atoms with Crippen LogP contribution in [0.4, 0.5) is 0 Å². The zero-order valence-electron chi connectivity index (χ0n) is 10.1. The number of carbonyl (C=O) groups is 1. The Labute approximate surface area is 102 Å². The van der Waals surface area contributed by atoms with E-state index in [0.29, 0.717) is 19.5 Å². The SMILES string of the molecule is CC(C)C(C(=O)N1CCC(C)(O)C1)C(N)=S. The third kappa shape index (κ3) is 2.92. The Morgan fingerprint density at radius 1 is 1.56 bits per heavy atom. The first-order valence-electron chi connectivity index (χ1n) is 5.55. The maximum atomic E-state index is 12.2. The minimum Gasteiger partial charge on any atom is -0.393 e. The molecule has 16 heavy (non-hydrogen) atoms. The number of thiocarbonyl (C=S) groups is 1. The molecule has 0 aromatic heterocycles. The van der Waals surface area contributed by atoms with E-state index in [9.17, 15) is 9.90 Å². The molecular weight excluding hydrogens is 224 g/mol. The summed E-state index contributed by atoms with van der Waals surface area (Å²) in [4.78, 5) is 14.1. The fourth-order valence-electron chi connectivity index (χ4n) is 2.07. The van der Waals surface area contributed by atoms with Crippen LogP contribution in [0, 0.1) is 11.8 Å². The molecule has 0 aromatic carbocycles. The fourth-order valence-corrected chi connectivity index (χ4v) is 2.44. The molecule has 0 spiro atoms. The summed E-state index contributed by atoms with van der Waals surface area (Å²) in [5, 5.41) is 9.81. The zero-order chi connectivity index (χ0) is 12.5. The van der Waals surface area contributed by atoms with Crippen LogP contribution in [0.3, 0.4) is 0 Å². The van der Waals surface area contributed by atoms with Crippen LogP contribution >= 0.6 is 12.2 Å². The van der Waals surface area contributed by atoms with E-state index in [2.05, 4.69) is 0 Å². The summed E-state index contributed by atoms with van der Waals surface area (Å²) in [5.74, 6) is -0.375. The number of nitrogens with zero attached hydrogens (tertiary/aromatic N) is 1. The van der Waals surface area contributed by atoms with Gasteiger partial charge in [-0.1, -0.05) is 26.1 Å². The highest BCUT2D eigenvalue weighted by atomic mass is 32.1. The van der Waals surface area contributed by atoms with Crippen LogP contribution in [0.2, 0.25) is 0 Å². The standard InChI is InChI=1S/C11H20N2O2S/c1-7(2)8(9(12)16)10(14)13-5-4-11(3,15)6-13/h7-8,15H,4-6H2,1-3H3,(H2,12,16). The topological polar surface area (TPSA) is 66.6 Å². The van der Waals surface area contributed by atoms with E-state index < -0.39 is 11.5 Å². The Bertz CT molecular complexity index is 302. The van der Waals surface area contributed by atoms with Crippen molar-refractivity contribution >= 4 is 23.1 Å². The Kier molecular flexibility index (Phi) is 3.91. The van der Waals surface area contributed by atoms with Crippen molar-refractivity contribution < 1.29 is 9.90 Å². The first-order valence-corrected chi connectivity index (χ1v) is 5.96. The van der Waals surface area contributed by atoms with Crippen LogP contribution in [-0.4, -0.2) is 39.6 Å². The average molecular weight is 244 g/mol. The van der Waals surface area contributed by atoms with Crippen LogP contribution in [0.5, 0.6) is 0 Å². The van der Waals surface area contributed by atoms with Gasteiger partial charge >= 0.3 is 0 Å². The number of aliphatic hydroxyl groups is 1. The molecule has 1 amide bonds. The van der Waals surface area contributed by atoms with Crippen molar-refractivity contribution in [1.82, 2.24) is 4.90 Å². The number of likely N-dealkylation sites (tertiary alicyclic amines) is 1. The van der Waals surface area contributed by atoms with Gasteiger partial charge in [0.2, 0.25) is 5.91 Å². The van der Waals surface area contributed by atoms with Gasteiger partial charge in [0.1, 0.15) is 0 Å². The molecule has 3 N–H and O–H groups in total. The Morgan fingerprint density at radius 2 is 2.12 bits per heavy atom. The van der Waals surface area contributed by atoms with Gasteiger partial charge in [0.05, 0.1) is 16.5 Å². The summed E-state index contributed by atoms with van der Waals surface area (Å²) in [6.45, 7) is 6.55. The third-order valence-corrected chi connectivity index (χ3v) is 3.26. The molecule has 1 fully saturated rings. The molecule has 92 valence electrons. The van der Waals surface area contributed by atoms with Gasteiger partial charge in [-0.15, -0.1) is 0 Å². The lowest BCUT2D eigenvalue weighted by Crippen LogP contribution is -2.44. The van der Waals surface area contributed by atoms with Crippen LogP contribution < -0.4 is 5.73 Å². The molecule has 0 bridgehead atoms. The molecule has 0 aromatic rings. The Hall–Kier alpha value is -0.680. The molecule has 1 saturated heterocycles. The van der Waals surface area contributed by atoms with Crippen LogP contribution in [0.15, 0.2) is 0 Å². The second-order valence-electron chi connectivity index (χ2n) is 5.13. The largest absolute Gasteiger partial charge is 0.393 e. The minimum atomic E-state index is -0.770. The van der Waals surface area contributed by atoms with Crippen molar-refractivity contribution in [3.05, 3.63) is 0 Å². The minimum absolute atomic E-state index is 0.0553. The van der Waals surface area contributed by atoms with Crippen LogP contribution in [0.1, 0.15) is 27.2 Å². The van der Waals surface area contributed by atoms with Gasteiger partial charge in [-0.05, 0) is 19.3 Å². The van der Waals surface area contributed by atoms with Crippen molar-refractivity contribution in [1.29, 1.82) is 0 Å². The molecule has 2 atom stereocenters. The van der Waals surface area contributed by atoms with E-state index >= 15 is 0 Å². The maximum absolute atomic E-state index is 12.2. The molecular formula is C11H20N2O2S. The lowest BCUT2D eigenvalue weighted by molar-refractivity contribution is -0.134. The number of hydrogen-bond acceptors (Lipinski definition) is 3. The molecule has 0 aliphatic carbocycles. The third-order valence-electron chi connectivity index (χ3n) is 3.00. The lowest BCUT2D eigenvalue weighted by atomic mass is 9.94. The second kappa shape index (κ2) is 4.67. The molecule has 2 unspecified atom stereocenters. The highest BCUT2D eigenvalue weighted by molar-refractivity contribution is 7.80. The van der Waals surface area contributed by atoms with Gasteiger partial charge in [0, 0.05) is 13.1 Å². The van der Waals surface area contributed by atoms with E-state index in [1.807, 2.05) is 13.8 Å².